The van der Waals surface area contributed by atoms with Gasteiger partial charge < -0.3 is 28.4 Å². The zero-order valence-electron chi connectivity index (χ0n) is 28.5. The van der Waals surface area contributed by atoms with Gasteiger partial charge >= 0.3 is 29.8 Å². The van der Waals surface area contributed by atoms with Crippen molar-refractivity contribution in [3.63, 3.8) is 0 Å². The van der Waals surface area contributed by atoms with Crippen molar-refractivity contribution in [1.82, 2.24) is 0 Å². The number of esters is 5. The average molecular weight is 661 g/mol. The van der Waals surface area contributed by atoms with E-state index >= 15 is 0 Å². The summed E-state index contributed by atoms with van der Waals surface area (Å²) in [5, 5.41) is 0. The minimum atomic E-state index is -1.48. The van der Waals surface area contributed by atoms with Gasteiger partial charge in [-0.2, -0.15) is 0 Å². The fraction of sp³-hybridized carbons (Fsp3) is 0.486. The van der Waals surface area contributed by atoms with Gasteiger partial charge in [0.1, 0.15) is 33.0 Å². The van der Waals surface area contributed by atoms with Gasteiger partial charge in [0, 0.05) is 34.3 Å². The van der Waals surface area contributed by atoms with E-state index in [1.54, 1.807) is 6.92 Å². The minimum Gasteiger partial charge on any atom is -0.462 e. The third-order valence-corrected chi connectivity index (χ3v) is 6.46. The molecule has 0 saturated carbocycles. The average Bonchev–Trinajstić information content (AvgIpc) is 3.00. The lowest BCUT2D eigenvalue weighted by atomic mass is 9.83. The number of hydrogen-bond donors (Lipinski definition) is 0. The van der Waals surface area contributed by atoms with E-state index in [0.717, 1.165) is 0 Å². The molecule has 0 heterocycles. The number of Topliss-reactive ketones (excluding diaryl/α,β-unsaturated/α-hetero) is 1. The summed E-state index contributed by atoms with van der Waals surface area (Å²) in [4.78, 5) is 74.5. The number of rotatable bonds is 23. The molecule has 0 spiro atoms. The summed E-state index contributed by atoms with van der Waals surface area (Å²) in [5.41, 5.74) is -2.04. The maximum Gasteiger partial charge on any atom is 0.333 e. The predicted octanol–water partition coefficient (Wildman–Crippen LogP) is 4.50. The third kappa shape index (κ3) is 16.0. The van der Waals surface area contributed by atoms with E-state index in [2.05, 4.69) is 39.5 Å². The van der Waals surface area contributed by atoms with Crippen molar-refractivity contribution in [3.05, 3.63) is 72.9 Å². The van der Waals surface area contributed by atoms with Gasteiger partial charge in [-0.05, 0) is 53.5 Å². The molecule has 0 aromatic carbocycles. The number of carbonyl (C=O) groups is 6. The molecule has 0 aliphatic carbocycles. The molecule has 0 aromatic heterocycles. The summed E-state index contributed by atoms with van der Waals surface area (Å²) in [6.07, 6.45) is -0.0552. The molecule has 0 rings (SSSR count). The molecule has 0 radical (unpaired) electrons. The van der Waals surface area contributed by atoms with Crippen molar-refractivity contribution >= 4 is 35.6 Å². The van der Waals surface area contributed by atoms with E-state index in [9.17, 15) is 28.8 Å². The molecule has 0 fully saturated rings. The highest BCUT2D eigenvalue weighted by Crippen LogP contribution is 2.30. The zero-order chi connectivity index (χ0) is 36.5. The predicted molar refractivity (Wildman–Crippen MR) is 174 cm³/mol. The number of carbonyl (C=O) groups excluding carboxylic acids is 6. The van der Waals surface area contributed by atoms with Gasteiger partial charge in [-0.25, -0.2) is 24.0 Å². The summed E-state index contributed by atoms with van der Waals surface area (Å²) < 4.78 is 33.2. The maximum absolute atomic E-state index is 12.6. The molecule has 12 heteroatoms. The molecular formula is C35H48O12. The molecule has 0 N–H and O–H groups in total. The Labute approximate surface area is 277 Å². The Kier molecular flexibility index (Phi) is 17.9. The van der Waals surface area contributed by atoms with E-state index < -0.39 is 60.5 Å². The van der Waals surface area contributed by atoms with Crippen LogP contribution in [0.1, 0.15) is 54.4 Å². The molecule has 260 valence electrons. The highest BCUT2D eigenvalue weighted by molar-refractivity contribution is 5.94. The summed E-state index contributed by atoms with van der Waals surface area (Å²) >= 11 is 0. The Balaban J connectivity index is 6.73. The van der Waals surface area contributed by atoms with Crippen molar-refractivity contribution in [2.45, 2.75) is 54.4 Å². The van der Waals surface area contributed by atoms with E-state index in [1.165, 1.54) is 34.6 Å². The van der Waals surface area contributed by atoms with Crippen molar-refractivity contribution < 1.29 is 57.2 Å². The largest absolute Gasteiger partial charge is 0.462 e. The standard InChI is InChI=1S/C35H48O12/c1-22(2)28(36)13-14-34(17-43-29(37)23(3)4,18-44-30(38)24(5)6)15-42-16-35(19-45-31(39)25(7)8,20-46-32(40)26(9)10)21-47-33(41)27(11)12/h1,3,5,7,9,11,13-21H2,2,4,6,8,10,12H3. The van der Waals surface area contributed by atoms with Crippen LogP contribution in [-0.2, 0) is 57.2 Å². The quantitative estimate of drug-likeness (QED) is 0.0860. The Bertz CT molecular complexity index is 1050. The SMILES string of the molecule is C=C(C)C(=O)CCC(COCC(COC(=O)C(=C)C)(COC(=O)C(=C)C)COC(=O)C(=C)C)(COC(=O)C(=C)C)COC(=O)C(=C)C. The second-order valence-electron chi connectivity index (χ2n) is 12.0. The number of allylic oxidation sites excluding steroid dienone is 1. The summed E-state index contributed by atoms with van der Waals surface area (Å²) in [5.74, 6) is -4.04. The van der Waals surface area contributed by atoms with Crippen LogP contribution in [0.2, 0.25) is 0 Å². The first-order chi connectivity index (χ1) is 21.7. The normalized spacial score (nSPS) is 10.9. The van der Waals surface area contributed by atoms with Crippen molar-refractivity contribution in [3.8, 4) is 0 Å². The number of hydrogen-bond acceptors (Lipinski definition) is 12. The van der Waals surface area contributed by atoms with Gasteiger partial charge in [0.05, 0.1) is 24.0 Å². The Morgan fingerprint density at radius 1 is 0.404 bits per heavy atom. The van der Waals surface area contributed by atoms with Crippen LogP contribution in [0.15, 0.2) is 72.9 Å². The lowest BCUT2D eigenvalue weighted by Gasteiger charge is -2.36. The van der Waals surface area contributed by atoms with Crippen molar-refractivity contribution in [1.29, 1.82) is 0 Å². The first kappa shape index (κ1) is 42.4. The molecule has 0 bridgehead atoms. The van der Waals surface area contributed by atoms with Crippen LogP contribution in [0, 0.1) is 10.8 Å². The van der Waals surface area contributed by atoms with Gasteiger partial charge in [0.25, 0.3) is 0 Å². The molecule has 0 amide bonds. The van der Waals surface area contributed by atoms with E-state index in [0.29, 0.717) is 0 Å². The Morgan fingerprint density at radius 3 is 0.915 bits per heavy atom. The molecular weight excluding hydrogens is 612 g/mol. The molecule has 0 unspecified atom stereocenters. The van der Waals surface area contributed by atoms with Gasteiger partial charge in [0.2, 0.25) is 0 Å². The topological polar surface area (TPSA) is 158 Å². The van der Waals surface area contributed by atoms with Gasteiger partial charge in [0.15, 0.2) is 5.78 Å². The van der Waals surface area contributed by atoms with Crippen LogP contribution in [0.4, 0.5) is 0 Å². The highest BCUT2D eigenvalue weighted by atomic mass is 16.6. The van der Waals surface area contributed by atoms with Gasteiger partial charge in [-0.15, -0.1) is 0 Å². The van der Waals surface area contributed by atoms with E-state index in [-0.39, 0.29) is 78.5 Å². The van der Waals surface area contributed by atoms with Crippen LogP contribution >= 0.6 is 0 Å². The van der Waals surface area contributed by atoms with E-state index in [1.807, 2.05) is 0 Å². The smallest absolute Gasteiger partial charge is 0.333 e. The summed E-state index contributed by atoms with van der Waals surface area (Å²) in [6, 6.07) is 0. The van der Waals surface area contributed by atoms with Crippen LogP contribution in [0.3, 0.4) is 0 Å². The zero-order valence-corrected chi connectivity index (χ0v) is 28.5. The first-order valence-electron chi connectivity index (χ1n) is 14.6. The monoisotopic (exact) mass is 660 g/mol. The highest BCUT2D eigenvalue weighted by Gasteiger charge is 2.40. The lowest BCUT2D eigenvalue weighted by molar-refractivity contribution is -0.166. The molecule has 0 aromatic rings. The fourth-order valence-electron chi connectivity index (χ4n) is 3.38. The number of ketones is 1. The number of ether oxygens (including phenoxy) is 6. The molecule has 47 heavy (non-hydrogen) atoms. The Hall–Kier alpha value is -4.58. The molecule has 0 aliphatic rings. The van der Waals surface area contributed by atoms with Gasteiger partial charge in [-0.1, -0.05) is 39.5 Å². The first-order valence-corrected chi connectivity index (χ1v) is 14.6. The lowest BCUT2D eigenvalue weighted by Crippen LogP contribution is -2.46. The van der Waals surface area contributed by atoms with Crippen LogP contribution in [-0.4, -0.2) is 81.9 Å². The second kappa shape index (κ2) is 19.8. The molecule has 0 aliphatic heterocycles. The minimum absolute atomic E-state index is 0.0125. The maximum atomic E-state index is 12.6. The summed E-state index contributed by atoms with van der Waals surface area (Å²) in [6.45, 7) is 27.5. The van der Waals surface area contributed by atoms with Crippen molar-refractivity contribution in [2.24, 2.45) is 10.8 Å². The fourth-order valence-corrected chi connectivity index (χ4v) is 3.38. The van der Waals surface area contributed by atoms with Crippen LogP contribution in [0.5, 0.6) is 0 Å². The second-order valence-corrected chi connectivity index (χ2v) is 12.0. The van der Waals surface area contributed by atoms with Gasteiger partial charge in [-0.3, -0.25) is 4.79 Å². The Morgan fingerprint density at radius 2 is 0.660 bits per heavy atom. The van der Waals surface area contributed by atoms with E-state index in [4.69, 9.17) is 28.4 Å². The molecule has 0 saturated heterocycles. The molecule has 12 nitrogen and oxygen atoms in total. The van der Waals surface area contributed by atoms with Crippen LogP contribution in [0.25, 0.3) is 0 Å². The third-order valence-electron chi connectivity index (χ3n) is 6.46. The van der Waals surface area contributed by atoms with Crippen LogP contribution < -0.4 is 0 Å². The summed E-state index contributed by atoms with van der Waals surface area (Å²) in [7, 11) is 0. The van der Waals surface area contributed by atoms with Crippen molar-refractivity contribution in [2.75, 3.05) is 46.2 Å². The molecule has 0 atom stereocenters.